The second kappa shape index (κ2) is 19.6. The number of nitrogens with one attached hydrogen (secondary N) is 2. The van der Waals surface area contributed by atoms with Gasteiger partial charge in [-0.05, 0) is 84.6 Å². The molecule has 2 aromatic carbocycles. The van der Waals surface area contributed by atoms with Crippen molar-refractivity contribution in [2.45, 2.75) is 76.4 Å². The molecule has 4 amide bonds. The summed E-state index contributed by atoms with van der Waals surface area (Å²) in [7, 11) is 0. The van der Waals surface area contributed by atoms with Gasteiger partial charge < -0.3 is 18.9 Å². The fourth-order valence-corrected chi connectivity index (χ4v) is 7.64. The largest absolute Gasteiger partial charge is 0.490 e. The van der Waals surface area contributed by atoms with Gasteiger partial charge in [-0.25, -0.2) is 0 Å². The van der Waals surface area contributed by atoms with Crippen molar-refractivity contribution in [1.29, 1.82) is 0 Å². The van der Waals surface area contributed by atoms with Gasteiger partial charge in [-0.15, -0.1) is 0 Å². The van der Waals surface area contributed by atoms with Gasteiger partial charge in [-0.3, -0.25) is 29.8 Å². The zero-order chi connectivity index (χ0) is 35.3. The zero-order valence-electron chi connectivity index (χ0n) is 27.5. The Kier molecular flexibility index (Phi) is 15.0. The summed E-state index contributed by atoms with van der Waals surface area (Å²) in [5.41, 5.74) is 1.28. The van der Waals surface area contributed by atoms with Crippen molar-refractivity contribution in [2.75, 3.05) is 26.4 Å². The van der Waals surface area contributed by atoms with Gasteiger partial charge in [0.05, 0.1) is 45.3 Å². The van der Waals surface area contributed by atoms with E-state index in [4.69, 9.17) is 42.1 Å². The Morgan fingerprint density at radius 2 is 1.00 bits per heavy atom. The Labute approximate surface area is 310 Å². The number of hydrogen-bond acceptors (Lipinski definition) is 10. The second-order valence-electron chi connectivity index (χ2n) is 12.0. The summed E-state index contributed by atoms with van der Waals surface area (Å²) in [5.74, 6) is 0.271. The van der Waals surface area contributed by atoms with Crippen molar-refractivity contribution in [3.8, 4) is 11.5 Å². The van der Waals surface area contributed by atoms with Gasteiger partial charge in [0.15, 0.2) is 0 Å². The van der Waals surface area contributed by atoms with Crippen LogP contribution in [0, 0.1) is 0 Å². The third-order valence-electron chi connectivity index (χ3n) is 8.34. The lowest BCUT2D eigenvalue weighted by atomic mass is 9.98. The molecule has 0 bridgehead atoms. The minimum atomic E-state index is -0.404. The van der Waals surface area contributed by atoms with Crippen LogP contribution in [0.1, 0.15) is 75.3 Å². The standard InChI is InChI=1S/2C18H20ClNO4S/c2*19-16-12(11-15-17(21)20-18(22)25-15)5-4-8-14(16)24-10-9-23-13-6-2-1-3-7-13/h2*4-5,8,11,13H,1-3,6-7,9-10H2,(H,20,21,22). The molecule has 4 aliphatic rings. The Hall–Kier alpha value is -3.00. The first kappa shape index (κ1) is 38.2. The molecule has 6 rings (SSSR count). The molecular formula is C36H40Cl2N2O8S2. The summed E-state index contributed by atoms with van der Waals surface area (Å²) in [5, 5.41) is 4.52. The second-order valence-corrected chi connectivity index (χ2v) is 14.8. The van der Waals surface area contributed by atoms with Crippen molar-refractivity contribution < 1.29 is 38.1 Å². The fourth-order valence-electron chi connectivity index (χ4n) is 5.82. The summed E-state index contributed by atoms with van der Waals surface area (Å²) >= 11 is 14.5. The van der Waals surface area contributed by atoms with Crippen LogP contribution in [0.4, 0.5) is 9.59 Å². The average molecular weight is 764 g/mol. The maximum absolute atomic E-state index is 11.6. The highest BCUT2D eigenvalue weighted by molar-refractivity contribution is 8.18. The Morgan fingerprint density at radius 1 is 0.600 bits per heavy atom. The molecular weight excluding hydrogens is 723 g/mol. The average Bonchev–Trinajstić information content (AvgIpc) is 3.61. The predicted octanol–water partition coefficient (Wildman–Crippen LogP) is 8.78. The number of carbonyl (C=O) groups excluding carboxylic acids is 4. The molecule has 2 saturated heterocycles. The Bertz CT molecular complexity index is 1490. The summed E-state index contributed by atoms with van der Waals surface area (Å²) < 4.78 is 23.1. The number of ether oxygens (including phenoxy) is 4. The number of carbonyl (C=O) groups is 4. The molecule has 0 spiro atoms. The summed E-state index contributed by atoms with van der Waals surface area (Å²) in [4.78, 5) is 46.4. The highest BCUT2D eigenvalue weighted by Gasteiger charge is 2.26. The first-order valence-corrected chi connectivity index (χ1v) is 19.2. The van der Waals surface area contributed by atoms with Gasteiger partial charge in [0.1, 0.15) is 24.7 Å². The highest BCUT2D eigenvalue weighted by Crippen LogP contribution is 2.34. The van der Waals surface area contributed by atoms with Crippen molar-refractivity contribution in [3.63, 3.8) is 0 Å². The molecule has 14 heteroatoms. The molecule has 50 heavy (non-hydrogen) atoms. The van der Waals surface area contributed by atoms with Gasteiger partial charge in [0, 0.05) is 0 Å². The molecule has 2 saturated carbocycles. The summed E-state index contributed by atoms with van der Waals surface area (Å²) in [6.45, 7) is 1.89. The first-order chi connectivity index (χ1) is 24.3. The summed E-state index contributed by atoms with van der Waals surface area (Å²) in [6.07, 6.45) is 16.0. The molecule has 0 unspecified atom stereocenters. The lowest BCUT2D eigenvalue weighted by molar-refractivity contribution is -0.116. The molecule has 10 nitrogen and oxygen atoms in total. The molecule has 0 atom stereocenters. The van der Waals surface area contributed by atoms with E-state index in [9.17, 15) is 19.2 Å². The first-order valence-electron chi connectivity index (χ1n) is 16.8. The van der Waals surface area contributed by atoms with Crippen LogP contribution in [-0.4, -0.2) is 60.9 Å². The highest BCUT2D eigenvalue weighted by atomic mass is 35.5. The van der Waals surface area contributed by atoms with Gasteiger partial charge in [0.25, 0.3) is 22.3 Å². The molecule has 2 aliphatic carbocycles. The zero-order valence-corrected chi connectivity index (χ0v) is 30.7. The normalized spacial score (nSPS) is 20.1. The predicted molar refractivity (Wildman–Crippen MR) is 198 cm³/mol. The SMILES string of the molecule is O=C1NC(=O)C(=Cc2cccc(OCCOC3CCCCC3)c2Cl)S1.O=C1NC(=O)C(=Cc2cccc(OCCOC3CCCCC3)c2Cl)S1. The molecule has 2 N–H and O–H groups in total. The lowest BCUT2D eigenvalue weighted by Crippen LogP contribution is -2.19. The van der Waals surface area contributed by atoms with Gasteiger partial charge in [0.2, 0.25) is 0 Å². The number of benzene rings is 2. The molecule has 2 aromatic rings. The van der Waals surface area contributed by atoms with E-state index in [1.807, 2.05) is 0 Å². The fraction of sp³-hybridized carbons (Fsp3) is 0.444. The smallest absolute Gasteiger partial charge is 0.290 e. The molecule has 0 radical (unpaired) electrons. The molecule has 2 heterocycles. The minimum absolute atomic E-state index is 0.324. The van der Waals surface area contributed by atoms with Crippen molar-refractivity contribution in [2.24, 2.45) is 0 Å². The van der Waals surface area contributed by atoms with Crippen LogP contribution in [-0.2, 0) is 19.1 Å². The van der Waals surface area contributed by atoms with Gasteiger partial charge in [-0.1, -0.05) is 86.0 Å². The maximum atomic E-state index is 11.6. The van der Waals surface area contributed by atoms with E-state index < -0.39 is 11.8 Å². The van der Waals surface area contributed by atoms with E-state index >= 15 is 0 Å². The van der Waals surface area contributed by atoms with Crippen LogP contribution in [0.15, 0.2) is 46.2 Å². The van der Waals surface area contributed by atoms with Crippen LogP contribution < -0.4 is 20.1 Å². The maximum Gasteiger partial charge on any atom is 0.290 e. The van der Waals surface area contributed by atoms with Crippen molar-refractivity contribution in [3.05, 3.63) is 67.4 Å². The Morgan fingerprint density at radius 3 is 1.36 bits per heavy atom. The Balaban J connectivity index is 0.000000194. The van der Waals surface area contributed by atoms with Crippen LogP contribution >= 0.6 is 46.7 Å². The quantitative estimate of drug-likeness (QED) is 0.160. The number of imide groups is 2. The molecule has 268 valence electrons. The number of thioether (sulfide) groups is 2. The van der Waals surface area contributed by atoms with Crippen LogP contribution in [0.5, 0.6) is 11.5 Å². The van der Waals surface area contributed by atoms with E-state index in [1.165, 1.54) is 38.5 Å². The topological polar surface area (TPSA) is 129 Å². The molecule has 4 fully saturated rings. The van der Waals surface area contributed by atoms with Crippen molar-refractivity contribution >= 4 is 81.2 Å². The number of amides is 4. The third-order valence-corrected chi connectivity index (χ3v) is 10.8. The number of rotatable bonds is 12. The number of hydrogen-bond donors (Lipinski definition) is 2. The molecule has 0 aromatic heterocycles. The molecule has 2 aliphatic heterocycles. The van der Waals surface area contributed by atoms with E-state index in [1.54, 1.807) is 48.6 Å². The van der Waals surface area contributed by atoms with E-state index in [-0.39, 0.29) is 10.5 Å². The van der Waals surface area contributed by atoms with Crippen LogP contribution in [0.3, 0.4) is 0 Å². The van der Waals surface area contributed by atoms with Crippen LogP contribution in [0.2, 0.25) is 10.0 Å². The lowest BCUT2D eigenvalue weighted by Gasteiger charge is -2.22. The van der Waals surface area contributed by atoms with Gasteiger partial charge >= 0.3 is 0 Å². The monoisotopic (exact) mass is 762 g/mol. The van der Waals surface area contributed by atoms with Gasteiger partial charge in [-0.2, -0.15) is 0 Å². The van der Waals surface area contributed by atoms with Crippen molar-refractivity contribution in [1.82, 2.24) is 10.6 Å². The minimum Gasteiger partial charge on any atom is -0.490 e. The van der Waals surface area contributed by atoms with E-state index in [2.05, 4.69) is 10.6 Å². The third kappa shape index (κ3) is 11.5. The number of halogens is 2. The summed E-state index contributed by atoms with van der Waals surface area (Å²) in [6, 6.07) is 10.7. The van der Waals surface area contributed by atoms with E-state index in [0.717, 1.165) is 49.2 Å². The van der Waals surface area contributed by atoms with E-state index in [0.29, 0.717) is 81.1 Å². The van der Waals surface area contributed by atoms with Crippen LogP contribution in [0.25, 0.3) is 12.2 Å².